The number of benzene rings is 1. The fourth-order valence-electron chi connectivity index (χ4n) is 1.93. The van der Waals surface area contributed by atoms with Gasteiger partial charge in [0, 0.05) is 18.9 Å². The number of carbonyl (C=O) groups is 1. The number of hydrogen-bond acceptors (Lipinski definition) is 2. The lowest BCUT2D eigenvalue weighted by molar-refractivity contribution is 0.0833. The minimum absolute atomic E-state index is 0.0454. The fraction of sp³-hybridized carbons (Fsp3) is 0.462. The Morgan fingerprint density at radius 1 is 1.35 bits per heavy atom. The van der Waals surface area contributed by atoms with Crippen LogP contribution in [0.1, 0.15) is 24.0 Å². The Kier molecular flexibility index (Phi) is 3.22. The van der Waals surface area contributed by atoms with E-state index >= 15 is 0 Å². The zero-order valence-corrected chi connectivity index (χ0v) is 10.1. The summed E-state index contributed by atoms with van der Waals surface area (Å²) in [4.78, 5) is 10.4. The summed E-state index contributed by atoms with van der Waals surface area (Å²) in [6.07, 6.45) is 0.673. The van der Waals surface area contributed by atoms with Gasteiger partial charge in [-0.3, -0.25) is 0 Å². The van der Waals surface area contributed by atoms with Gasteiger partial charge in [0.25, 0.3) is 0 Å². The highest BCUT2D eigenvalue weighted by Crippen LogP contribution is 2.27. The normalized spacial score (nSPS) is 22.7. The molecule has 0 aromatic heterocycles. The van der Waals surface area contributed by atoms with Crippen molar-refractivity contribution in [2.45, 2.75) is 38.8 Å². The monoisotopic (exact) mass is 235 g/mol. The first-order valence-electron chi connectivity index (χ1n) is 5.78. The summed E-state index contributed by atoms with van der Waals surface area (Å²) >= 11 is 0. The molecule has 17 heavy (non-hydrogen) atoms. The van der Waals surface area contributed by atoms with Gasteiger partial charge in [0.15, 0.2) is 0 Å². The summed E-state index contributed by atoms with van der Waals surface area (Å²) in [6.45, 7) is 4.12. The average Bonchev–Trinajstić information content (AvgIpc) is 2.19. The van der Waals surface area contributed by atoms with Crippen LogP contribution in [0.25, 0.3) is 0 Å². The third-order valence-corrected chi connectivity index (χ3v) is 3.20. The maximum Gasteiger partial charge on any atom is 0.404 e. The average molecular weight is 235 g/mol. The van der Waals surface area contributed by atoms with Gasteiger partial charge in [-0.15, -0.1) is 0 Å². The lowest BCUT2D eigenvalue weighted by atomic mass is 9.89. The summed E-state index contributed by atoms with van der Waals surface area (Å²) in [6, 6.07) is 6.06. The molecule has 1 aliphatic carbocycles. The smallest absolute Gasteiger partial charge is 0.404 e. The minimum atomic E-state index is -0.959. The first-order valence-corrected chi connectivity index (χ1v) is 5.78. The topological polar surface area (TPSA) is 58.6 Å². The highest BCUT2D eigenvalue weighted by atomic mass is 16.5. The first-order chi connectivity index (χ1) is 8.04. The molecule has 0 unspecified atom stereocenters. The van der Waals surface area contributed by atoms with Crippen molar-refractivity contribution in [2.75, 3.05) is 0 Å². The van der Waals surface area contributed by atoms with Gasteiger partial charge >= 0.3 is 6.09 Å². The Hall–Kier alpha value is -1.71. The molecule has 4 heteroatoms. The Labute approximate surface area is 101 Å². The zero-order chi connectivity index (χ0) is 12.4. The van der Waals surface area contributed by atoms with Crippen LogP contribution in [0.3, 0.4) is 0 Å². The van der Waals surface area contributed by atoms with Crippen molar-refractivity contribution in [3.8, 4) is 5.75 Å². The van der Waals surface area contributed by atoms with Crippen LogP contribution in [-0.2, 0) is 0 Å². The van der Waals surface area contributed by atoms with E-state index in [1.807, 2.05) is 18.2 Å². The van der Waals surface area contributed by atoms with Crippen LogP contribution in [0.15, 0.2) is 18.2 Å². The standard InChI is InChI=1S/C13H17NO3/c1-8-3-4-11(5-9(8)2)17-12-6-10(7-12)14-13(15)16/h3-5,10,12,14H,6-7H2,1-2H3,(H,15,16)/t10-,12-. The van der Waals surface area contributed by atoms with Crippen LogP contribution in [-0.4, -0.2) is 23.3 Å². The van der Waals surface area contributed by atoms with Crippen molar-refractivity contribution >= 4 is 6.09 Å². The Bertz CT molecular complexity index is 425. The number of nitrogens with one attached hydrogen (secondary N) is 1. The largest absolute Gasteiger partial charge is 0.490 e. The lowest BCUT2D eigenvalue weighted by Crippen LogP contribution is -2.48. The molecule has 0 spiro atoms. The molecule has 0 saturated heterocycles. The third-order valence-electron chi connectivity index (χ3n) is 3.20. The molecule has 1 fully saturated rings. The molecule has 0 atom stereocenters. The Morgan fingerprint density at radius 2 is 2.06 bits per heavy atom. The van der Waals surface area contributed by atoms with Crippen molar-refractivity contribution in [1.29, 1.82) is 0 Å². The van der Waals surface area contributed by atoms with Gasteiger partial charge in [-0.2, -0.15) is 0 Å². The lowest BCUT2D eigenvalue weighted by Gasteiger charge is -2.35. The van der Waals surface area contributed by atoms with E-state index in [2.05, 4.69) is 19.2 Å². The van der Waals surface area contributed by atoms with E-state index < -0.39 is 6.09 Å². The molecule has 92 valence electrons. The summed E-state index contributed by atoms with van der Waals surface area (Å²) in [7, 11) is 0. The predicted molar refractivity (Wildman–Crippen MR) is 64.5 cm³/mol. The molecular weight excluding hydrogens is 218 g/mol. The van der Waals surface area contributed by atoms with E-state index in [1.54, 1.807) is 0 Å². The van der Waals surface area contributed by atoms with Crippen molar-refractivity contribution < 1.29 is 14.6 Å². The van der Waals surface area contributed by atoms with Gasteiger partial charge in [-0.1, -0.05) is 6.07 Å². The maximum absolute atomic E-state index is 10.4. The summed E-state index contributed by atoms with van der Waals surface area (Å²) in [5.74, 6) is 0.867. The molecule has 1 saturated carbocycles. The van der Waals surface area contributed by atoms with E-state index in [0.29, 0.717) is 0 Å². The van der Waals surface area contributed by atoms with Crippen LogP contribution in [0.4, 0.5) is 4.79 Å². The molecule has 1 aromatic carbocycles. The van der Waals surface area contributed by atoms with Gasteiger partial charge in [0.05, 0.1) is 0 Å². The molecule has 0 aliphatic heterocycles. The van der Waals surface area contributed by atoms with Crippen molar-refractivity contribution in [3.63, 3.8) is 0 Å². The molecule has 1 aliphatic rings. The van der Waals surface area contributed by atoms with E-state index in [9.17, 15) is 4.79 Å². The van der Waals surface area contributed by atoms with Gasteiger partial charge in [-0.05, 0) is 37.1 Å². The second-order valence-electron chi connectivity index (χ2n) is 4.60. The van der Waals surface area contributed by atoms with Crippen LogP contribution in [0.5, 0.6) is 5.75 Å². The molecule has 4 nitrogen and oxygen atoms in total. The van der Waals surface area contributed by atoms with Crippen molar-refractivity contribution in [1.82, 2.24) is 5.32 Å². The maximum atomic E-state index is 10.4. The molecule has 0 radical (unpaired) electrons. The molecule has 2 rings (SSSR count). The Balaban J connectivity index is 1.83. The number of amides is 1. The van der Waals surface area contributed by atoms with Gasteiger partial charge in [0.2, 0.25) is 0 Å². The molecule has 2 N–H and O–H groups in total. The number of carboxylic acid groups (broad SMARTS) is 1. The van der Waals surface area contributed by atoms with Crippen LogP contribution < -0.4 is 10.1 Å². The molecular formula is C13H17NO3. The number of ether oxygens (including phenoxy) is 1. The molecule has 1 amide bonds. The van der Waals surface area contributed by atoms with Crippen molar-refractivity contribution in [3.05, 3.63) is 29.3 Å². The number of hydrogen-bond donors (Lipinski definition) is 2. The number of rotatable bonds is 3. The highest BCUT2D eigenvalue weighted by molar-refractivity contribution is 5.65. The van der Waals surface area contributed by atoms with Gasteiger partial charge in [0.1, 0.15) is 11.9 Å². The quantitative estimate of drug-likeness (QED) is 0.846. The predicted octanol–water partition coefficient (Wildman–Crippen LogP) is 2.48. The van der Waals surface area contributed by atoms with Gasteiger partial charge in [-0.25, -0.2) is 4.79 Å². The van der Waals surface area contributed by atoms with Crippen LogP contribution in [0.2, 0.25) is 0 Å². The zero-order valence-electron chi connectivity index (χ0n) is 10.1. The van der Waals surface area contributed by atoms with Crippen LogP contribution in [0, 0.1) is 13.8 Å². The van der Waals surface area contributed by atoms with E-state index in [1.165, 1.54) is 11.1 Å². The van der Waals surface area contributed by atoms with E-state index in [4.69, 9.17) is 9.84 Å². The van der Waals surface area contributed by atoms with E-state index in [-0.39, 0.29) is 12.1 Å². The molecule has 1 aromatic rings. The molecule has 0 bridgehead atoms. The minimum Gasteiger partial charge on any atom is -0.490 e. The third kappa shape index (κ3) is 2.90. The fourth-order valence-corrected chi connectivity index (χ4v) is 1.93. The second-order valence-corrected chi connectivity index (χ2v) is 4.60. The summed E-state index contributed by atoms with van der Waals surface area (Å²) in [5.41, 5.74) is 2.46. The SMILES string of the molecule is Cc1ccc(O[C@H]2C[C@H](NC(=O)O)C2)cc1C. The van der Waals surface area contributed by atoms with Crippen molar-refractivity contribution in [2.24, 2.45) is 0 Å². The molecule has 0 heterocycles. The first kappa shape index (κ1) is 11.8. The summed E-state index contributed by atoms with van der Waals surface area (Å²) in [5, 5.41) is 11.0. The van der Waals surface area contributed by atoms with E-state index in [0.717, 1.165) is 18.6 Å². The summed E-state index contributed by atoms with van der Waals surface area (Å²) < 4.78 is 5.77. The second kappa shape index (κ2) is 4.65. The van der Waals surface area contributed by atoms with Gasteiger partial charge < -0.3 is 15.2 Å². The Morgan fingerprint density at radius 3 is 2.65 bits per heavy atom. The van der Waals surface area contributed by atoms with Crippen LogP contribution >= 0.6 is 0 Å². The number of aryl methyl sites for hydroxylation is 2. The highest BCUT2D eigenvalue weighted by Gasteiger charge is 2.31.